The Hall–Kier alpha value is -1.49. The first kappa shape index (κ1) is 11.0. The zero-order valence-electron chi connectivity index (χ0n) is 8.81. The molecule has 1 fully saturated rings. The number of piperazine rings is 1. The fourth-order valence-corrected chi connectivity index (χ4v) is 1.92. The van der Waals surface area contributed by atoms with Gasteiger partial charge in [-0.05, 0) is 19.1 Å². The monoisotopic (exact) mass is 226 g/mol. The van der Waals surface area contributed by atoms with Crippen LogP contribution in [0.4, 0.5) is 8.78 Å². The van der Waals surface area contributed by atoms with E-state index in [1.54, 1.807) is 0 Å². The first-order chi connectivity index (χ1) is 7.55. The maximum absolute atomic E-state index is 13.6. The molecule has 16 heavy (non-hydrogen) atoms. The van der Waals surface area contributed by atoms with Crippen LogP contribution in [0.15, 0.2) is 18.2 Å². The Kier molecular flexibility index (Phi) is 2.63. The average Bonchev–Trinajstić information content (AvgIpc) is 2.22. The molecule has 1 saturated heterocycles. The molecule has 1 atom stereocenters. The first-order valence-corrected chi connectivity index (χ1v) is 5.03. The molecule has 2 N–H and O–H groups in total. The lowest BCUT2D eigenvalue weighted by atomic mass is 9.88. The lowest BCUT2D eigenvalue weighted by Crippen LogP contribution is -2.59. The van der Waals surface area contributed by atoms with Crippen LogP contribution in [0, 0.1) is 11.6 Å². The molecule has 2 rings (SSSR count). The normalized spacial score (nSPS) is 25.3. The third-order valence-electron chi connectivity index (χ3n) is 2.81. The summed E-state index contributed by atoms with van der Waals surface area (Å²) in [7, 11) is 0. The predicted octanol–water partition coefficient (Wildman–Crippen LogP) is 0.899. The van der Waals surface area contributed by atoms with Crippen LogP contribution in [-0.2, 0) is 10.3 Å². The summed E-state index contributed by atoms with van der Waals surface area (Å²) < 4.78 is 27.2. The van der Waals surface area contributed by atoms with Gasteiger partial charge < -0.3 is 5.32 Å². The fourth-order valence-electron chi connectivity index (χ4n) is 1.92. The molecule has 0 bridgehead atoms. The molecule has 1 aromatic carbocycles. The van der Waals surface area contributed by atoms with Gasteiger partial charge in [0.1, 0.15) is 17.2 Å². The summed E-state index contributed by atoms with van der Waals surface area (Å²) in [5.41, 5.74) is -1.57. The van der Waals surface area contributed by atoms with Crippen molar-refractivity contribution in [2.45, 2.75) is 12.5 Å². The lowest BCUT2D eigenvalue weighted by molar-refractivity contribution is -0.129. The summed E-state index contributed by atoms with van der Waals surface area (Å²) in [5.74, 6) is -1.85. The van der Waals surface area contributed by atoms with E-state index in [0.29, 0.717) is 13.1 Å². The van der Waals surface area contributed by atoms with Crippen molar-refractivity contribution < 1.29 is 13.6 Å². The molecule has 1 amide bonds. The van der Waals surface area contributed by atoms with Crippen molar-refractivity contribution in [1.82, 2.24) is 10.6 Å². The number of rotatable bonds is 1. The number of carbonyl (C=O) groups is 1. The quantitative estimate of drug-likeness (QED) is 0.747. The Morgan fingerprint density at radius 2 is 1.88 bits per heavy atom. The Bertz CT molecular complexity index is 416. The third-order valence-corrected chi connectivity index (χ3v) is 2.81. The van der Waals surface area contributed by atoms with Crippen LogP contribution in [-0.4, -0.2) is 19.0 Å². The highest BCUT2D eigenvalue weighted by Gasteiger charge is 2.41. The SMILES string of the molecule is CC1(c2c(F)cccc2F)NCCNC1=O. The van der Waals surface area contributed by atoms with E-state index in [9.17, 15) is 13.6 Å². The third kappa shape index (κ3) is 1.57. The highest BCUT2D eigenvalue weighted by atomic mass is 19.1. The molecule has 0 radical (unpaired) electrons. The first-order valence-electron chi connectivity index (χ1n) is 5.03. The molecular formula is C11H12F2N2O. The summed E-state index contributed by atoms with van der Waals surface area (Å²) in [5, 5.41) is 5.44. The van der Waals surface area contributed by atoms with Crippen LogP contribution in [0.1, 0.15) is 12.5 Å². The predicted molar refractivity (Wildman–Crippen MR) is 54.7 cm³/mol. The van der Waals surface area contributed by atoms with E-state index in [4.69, 9.17) is 0 Å². The van der Waals surface area contributed by atoms with Crippen LogP contribution in [0.2, 0.25) is 0 Å². The van der Waals surface area contributed by atoms with Crippen molar-refractivity contribution in [3.05, 3.63) is 35.4 Å². The molecule has 1 heterocycles. The second-order valence-corrected chi connectivity index (χ2v) is 3.90. The highest BCUT2D eigenvalue weighted by molar-refractivity contribution is 5.88. The van der Waals surface area contributed by atoms with Crippen molar-refractivity contribution in [2.75, 3.05) is 13.1 Å². The largest absolute Gasteiger partial charge is 0.353 e. The molecule has 0 aliphatic carbocycles. The average molecular weight is 226 g/mol. The summed E-state index contributed by atoms with van der Waals surface area (Å²) in [4.78, 5) is 11.7. The van der Waals surface area contributed by atoms with E-state index in [1.807, 2.05) is 0 Å². The van der Waals surface area contributed by atoms with Gasteiger partial charge in [-0.1, -0.05) is 6.07 Å². The van der Waals surface area contributed by atoms with Crippen LogP contribution < -0.4 is 10.6 Å². The van der Waals surface area contributed by atoms with Gasteiger partial charge in [0.15, 0.2) is 0 Å². The van der Waals surface area contributed by atoms with Crippen molar-refractivity contribution in [2.24, 2.45) is 0 Å². The molecule has 0 saturated carbocycles. The van der Waals surface area contributed by atoms with Gasteiger partial charge in [0.25, 0.3) is 0 Å². The standard InChI is InChI=1S/C11H12F2N2O/c1-11(10(16)14-5-6-15-11)9-7(12)3-2-4-8(9)13/h2-4,15H,5-6H2,1H3,(H,14,16). The van der Waals surface area contributed by atoms with Gasteiger partial charge in [0.05, 0.1) is 5.56 Å². The number of hydrogen-bond acceptors (Lipinski definition) is 2. The summed E-state index contributed by atoms with van der Waals surface area (Å²) in [6.07, 6.45) is 0. The molecule has 3 nitrogen and oxygen atoms in total. The Morgan fingerprint density at radius 3 is 2.44 bits per heavy atom. The molecule has 1 unspecified atom stereocenters. The maximum atomic E-state index is 13.6. The number of hydrogen-bond donors (Lipinski definition) is 2. The molecule has 86 valence electrons. The Balaban J connectivity index is 2.53. The fraction of sp³-hybridized carbons (Fsp3) is 0.364. The van der Waals surface area contributed by atoms with Crippen LogP contribution in [0.5, 0.6) is 0 Å². The Morgan fingerprint density at radius 1 is 1.25 bits per heavy atom. The lowest BCUT2D eigenvalue weighted by Gasteiger charge is -2.34. The second kappa shape index (κ2) is 3.83. The van der Waals surface area contributed by atoms with Gasteiger partial charge in [-0.2, -0.15) is 0 Å². The molecule has 1 aromatic rings. The minimum atomic E-state index is -1.34. The van der Waals surface area contributed by atoms with E-state index < -0.39 is 23.1 Å². The highest BCUT2D eigenvalue weighted by Crippen LogP contribution is 2.27. The number of nitrogens with one attached hydrogen (secondary N) is 2. The second-order valence-electron chi connectivity index (χ2n) is 3.90. The summed E-state index contributed by atoms with van der Waals surface area (Å²) in [6.45, 7) is 2.42. The van der Waals surface area contributed by atoms with E-state index in [-0.39, 0.29) is 5.56 Å². The van der Waals surface area contributed by atoms with E-state index >= 15 is 0 Å². The van der Waals surface area contributed by atoms with Gasteiger partial charge in [-0.25, -0.2) is 8.78 Å². The number of halogens is 2. The minimum absolute atomic E-state index is 0.229. The van der Waals surface area contributed by atoms with Crippen molar-refractivity contribution in [1.29, 1.82) is 0 Å². The van der Waals surface area contributed by atoms with E-state index in [2.05, 4.69) is 10.6 Å². The van der Waals surface area contributed by atoms with Crippen LogP contribution in [0.25, 0.3) is 0 Å². The van der Waals surface area contributed by atoms with Crippen LogP contribution in [0.3, 0.4) is 0 Å². The Labute approximate surface area is 91.8 Å². The van der Waals surface area contributed by atoms with Gasteiger partial charge in [0.2, 0.25) is 5.91 Å². The molecule has 1 aliphatic heterocycles. The van der Waals surface area contributed by atoms with Gasteiger partial charge in [-0.3, -0.25) is 10.1 Å². The van der Waals surface area contributed by atoms with E-state index in [0.717, 1.165) is 12.1 Å². The summed E-state index contributed by atoms with van der Waals surface area (Å²) in [6, 6.07) is 3.57. The van der Waals surface area contributed by atoms with Crippen molar-refractivity contribution in [3.63, 3.8) is 0 Å². The summed E-state index contributed by atoms with van der Waals surface area (Å²) >= 11 is 0. The smallest absolute Gasteiger partial charge is 0.244 e. The zero-order chi connectivity index (χ0) is 11.8. The van der Waals surface area contributed by atoms with E-state index in [1.165, 1.54) is 13.0 Å². The molecule has 5 heteroatoms. The number of amides is 1. The number of benzene rings is 1. The van der Waals surface area contributed by atoms with Crippen molar-refractivity contribution in [3.8, 4) is 0 Å². The van der Waals surface area contributed by atoms with Gasteiger partial charge >= 0.3 is 0 Å². The topological polar surface area (TPSA) is 41.1 Å². The van der Waals surface area contributed by atoms with Gasteiger partial charge in [-0.15, -0.1) is 0 Å². The van der Waals surface area contributed by atoms with Gasteiger partial charge in [0, 0.05) is 13.1 Å². The molecular weight excluding hydrogens is 214 g/mol. The van der Waals surface area contributed by atoms with Crippen molar-refractivity contribution >= 4 is 5.91 Å². The maximum Gasteiger partial charge on any atom is 0.244 e. The molecule has 1 aliphatic rings. The molecule has 0 spiro atoms. The van der Waals surface area contributed by atoms with Crippen LogP contribution >= 0.6 is 0 Å². The molecule has 0 aromatic heterocycles. The zero-order valence-corrected chi connectivity index (χ0v) is 8.81. The number of carbonyl (C=O) groups excluding carboxylic acids is 1. The minimum Gasteiger partial charge on any atom is -0.353 e.